The molecule has 0 atom stereocenters. The van der Waals surface area contributed by atoms with E-state index in [0.717, 1.165) is 19.3 Å². The Kier molecular flexibility index (Phi) is 2.85. The number of hydrogen-bond donors (Lipinski definition) is 0. The molecule has 1 saturated carbocycles. The first-order chi connectivity index (χ1) is 6.81. The van der Waals surface area contributed by atoms with Crippen molar-refractivity contribution in [2.75, 3.05) is 0 Å². The lowest BCUT2D eigenvalue weighted by molar-refractivity contribution is 0.200. The first-order valence-corrected chi connectivity index (χ1v) is 5.47. The van der Waals surface area contributed by atoms with Crippen LogP contribution in [-0.2, 0) is 6.42 Å². The number of aryl methyl sites for hydroxylation is 1. The molecule has 0 aromatic carbocycles. The fourth-order valence-corrected chi connectivity index (χ4v) is 2.23. The van der Waals surface area contributed by atoms with Gasteiger partial charge in [-0.25, -0.2) is 4.39 Å². The maximum absolute atomic E-state index is 13.0. The molecule has 0 bridgehead atoms. The minimum atomic E-state index is -0.577. The third-order valence-electron chi connectivity index (χ3n) is 3.09. The van der Waals surface area contributed by atoms with E-state index in [0.29, 0.717) is 18.9 Å². The Balaban J connectivity index is 2.08. The summed E-state index contributed by atoms with van der Waals surface area (Å²) in [7, 11) is 0. The van der Waals surface area contributed by atoms with Gasteiger partial charge in [-0.05, 0) is 38.2 Å². The molecule has 2 rings (SSSR count). The molecule has 1 aliphatic rings. The molecule has 0 unspecified atom stereocenters. The van der Waals surface area contributed by atoms with E-state index in [1.165, 1.54) is 5.69 Å². The molecule has 0 N–H and O–H groups in total. The van der Waals surface area contributed by atoms with E-state index in [2.05, 4.69) is 22.8 Å². The SMILES string of the molecule is CCc1ccnn1C1CCC(F)CC1. The van der Waals surface area contributed by atoms with Crippen LogP contribution in [0, 0.1) is 0 Å². The predicted molar refractivity (Wildman–Crippen MR) is 54.0 cm³/mol. The zero-order valence-corrected chi connectivity index (χ0v) is 8.62. The predicted octanol–water partition coefficient (Wildman–Crippen LogP) is 2.90. The summed E-state index contributed by atoms with van der Waals surface area (Å²) in [5, 5.41) is 4.33. The van der Waals surface area contributed by atoms with Crippen molar-refractivity contribution in [2.45, 2.75) is 51.2 Å². The zero-order valence-electron chi connectivity index (χ0n) is 8.62. The van der Waals surface area contributed by atoms with Crippen LogP contribution in [0.1, 0.15) is 44.3 Å². The molecule has 0 radical (unpaired) electrons. The molecule has 14 heavy (non-hydrogen) atoms. The molecular weight excluding hydrogens is 179 g/mol. The van der Waals surface area contributed by atoms with Gasteiger partial charge in [-0.3, -0.25) is 4.68 Å². The summed E-state index contributed by atoms with van der Waals surface area (Å²) >= 11 is 0. The highest BCUT2D eigenvalue weighted by Crippen LogP contribution is 2.30. The van der Waals surface area contributed by atoms with Crippen molar-refractivity contribution in [1.29, 1.82) is 0 Å². The van der Waals surface area contributed by atoms with Gasteiger partial charge in [0.25, 0.3) is 0 Å². The van der Waals surface area contributed by atoms with Crippen LogP contribution >= 0.6 is 0 Å². The van der Waals surface area contributed by atoms with Crippen LogP contribution in [0.5, 0.6) is 0 Å². The molecule has 1 heterocycles. The highest BCUT2D eigenvalue weighted by molar-refractivity contribution is 5.01. The molecule has 78 valence electrons. The second-order valence-corrected chi connectivity index (χ2v) is 4.03. The van der Waals surface area contributed by atoms with Gasteiger partial charge in [-0.15, -0.1) is 0 Å². The highest BCUT2D eigenvalue weighted by Gasteiger charge is 2.23. The smallest absolute Gasteiger partial charge is 0.100 e. The van der Waals surface area contributed by atoms with Gasteiger partial charge in [0.1, 0.15) is 6.17 Å². The van der Waals surface area contributed by atoms with E-state index in [1.807, 2.05) is 6.20 Å². The summed E-state index contributed by atoms with van der Waals surface area (Å²) in [6.07, 6.45) is 5.56. The van der Waals surface area contributed by atoms with Crippen LogP contribution < -0.4 is 0 Å². The lowest BCUT2D eigenvalue weighted by atomic mass is 9.94. The van der Waals surface area contributed by atoms with Crippen LogP contribution in [0.25, 0.3) is 0 Å². The largest absolute Gasteiger partial charge is 0.267 e. The number of hydrogen-bond acceptors (Lipinski definition) is 1. The Hall–Kier alpha value is -0.860. The van der Waals surface area contributed by atoms with E-state index in [9.17, 15) is 4.39 Å². The fraction of sp³-hybridized carbons (Fsp3) is 0.727. The third kappa shape index (κ3) is 1.81. The average Bonchev–Trinajstić information content (AvgIpc) is 2.67. The van der Waals surface area contributed by atoms with Gasteiger partial charge in [-0.2, -0.15) is 5.10 Å². The molecule has 2 nitrogen and oxygen atoms in total. The first kappa shape index (κ1) is 9.69. The number of rotatable bonds is 2. The molecule has 1 fully saturated rings. The van der Waals surface area contributed by atoms with Crippen LogP contribution in [-0.4, -0.2) is 16.0 Å². The van der Waals surface area contributed by atoms with E-state index in [1.54, 1.807) is 0 Å². The summed E-state index contributed by atoms with van der Waals surface area (Å²) in [4.78, 5) is 0. The van der Waals surface area contributed by atoms with Crippen molar-refractivity contribution in [1.82, 2.24) is 9.78 Å². The van der Waals surface area contributed by atoms with Crippen molar-refractivity contribution in [3.8, 4) is 0 Å². The minimum absolute atomic E-state index is 0.437. The molecule has 0 spiro atoms. The van der Waals surface area contributed by atoms with Crippen LogP contribution in [0.4, 0.5) is 4.39 Å². The van der Waals surface area contributed by atoms with Crippen LogP contribution in [0.15, 0.2) is 12.3 Å². The number of alkyl halides is 1. The Morgan fingerprint density at radius 1 is 1.43 bits per heavy atom. The molecule has 0 saturated heterocycles. The van der Waals surface area contributed by atoms with E-state index >= 15 is 0 Å². The van der Waals surface area contributed by atoms with Gasteiger partial charge < -0.3 is 0 Å². The van der Waals surface area contributed by atoms with Crippen LogP contribution in [0.3, 0.4) is 0 Å². The topological polar surface area (TPSA) is 17.8 Å². The van der Waals surface area contributed by atoms with E-state index in [-0.39, 0.29) is 0 Å². The second-order valence-electron chi connectivity index (χ2n) is 4.03. The third-order valence-corrected chi connectivity index (χ3v) is 3.09. The summed E-state index contributed by atoms with van der Waals surface area (Å²) in [5.74, 6) is 0. The maximum atomic E-state index is 13.0. The van der Waals surface area contributed by atoms with Gasteiger partial charge in [0.05, 0.1) is 6.04 Å². The normalized spacial score (nSPS) is 27.9. The number of nitrogens with zero attached hydrogens (tertiary/aromatic N) is 2. The van der Waals surface area contributed by atoms with Gasteiger partial charge in [-0.1, -0.05) is 6.92 Å². The molecule has 1 aliphatic carbocycles. The van der Waals surface area contributed by atoms with Gasteiger partial charge in [0.15, 0.2) is 0 Å². The van der Waals surface area contributed by atoms with Crippen molar-refractivity contribution < 1.29 is 4.39 Å². The zero-order chi connectivity index (χ0) is 9.97. The Bertz CT molecular complexity index is 287. The van der Waals surface area contributed by atoms with E-state index in [4.69, 9.17) is 0 Å². The number of halogens is 1. The summed E-state index contributed by atoms with van der Waals surface area (Å²) < 4.78 is 15.0. The molecule has 1 aromatic rings. The first-order valence-electron chi connectivity index (χ1n) is 5.47. The van der Waals surface area contributed by atoms with Gasteiger partial charge in [0.2, 0.25) is 0 Å². The van der Waals surface area contributed by atoms with Crippen molar-refractivity contribution in [3.63, 3.8) is 0 Å². The minimum Gasteiger partial charge on any atom is -0.267 e. The Morgan fingerprint density at radius 3 is 2.79 bits per heavy atom. The lowest BCUT2D eigenvalue weighted by Crippen LogP contribution is -2.20. The van der Waals surface area contributed by atoms with Crippen molar-refractivity contribution >= 4 is 0 Å². The standard InChI is InChI=1S/C11H17FN2/c1-2-10-7-8-13-14(10)11-5-3-9(12)4-6-11/h7-9,11H,2-6H2,1H3. The van der Waals surface area contributed by atoms with Crippen molar-refractivity contribution in [3.05, 3.63) is 18.0 Å². The number of aromatic nitrogens is 2. The summed E-state index contributed by atoms with van der Waals surface area (Å²) in [6, 6.07) is 2.49. The van der Waals surface area contributed by atoms with E-state index < -0.39 is 6.17 Å². The Labute approximate surface area is 84.1 Å². The Morgan fingerprint density at radius 2 is 2.14 bits per heavy atom. The van der Waals surface area contributed by atoms with Gasteiger partial charge >= 0.3 is 0 Å². The van der Waals surface area contributed by atoms with Crippen molar-refractivity contribution in [2.24, 2.45) is 0 Å². The maximum Gasteiger partial charge on any atom is 0.100 e. The average molecular weight is 196 g/mol. The van der Waals surface area contributed by atoms with Crippen LogP contribution in [0.2, 0.25) is 0 Å². The quantitative estimate of drug-likeness (QED) is 0.711. The summed E-state index contributed by atoms with van der Waals surface area (Å²) in [6.45, 7) is 2.13. The molecule has 0 amide bonds. The van der Waals surface area contributed by atoms with Gasteiger partial charge in [0, 0.05) is 11.9 Å². The molecular formula is C11H17FN2. The molecule has 0 aliphatic heterocycles. The highest BCUT2D eigenvalue weighted by atomic mass is 19.1. The molecule has 1 aromatic heterocycles. The molecule has 3 heteroatoms. The fourth-order valence-electron chi connectivity index (χ4n) is 2.23. The monoisotopic (exact) mass is 196 g/mol. The second kappa shape index (κ2) is 4.11. The lowest BCUT2D eigenvalue weighted by Gasteiger charge is -2.25. The summed E-state index contributed by atoms with van der Waals surface area (Å²) in [5.41, 5.74) is 1.27.